The van der Waals surface area contributed by atoms with Crippen LogP contribution in [0.4, 0.5) is 10.5 Å². The van der Waals surface area contributed by atoms with E-state index in [1.807, 2.05) is 30.3 Å². The minimum absolute atomic E-state index is 0.0609. The number of primary amides is 1. The van der Waals surface area contributed by atoms with Gasteiger partial charge in [-0.2, -0.15) is 0 Å². The molecule has 28 heavy (non-hydrogen) atoms. The molecule has 0 saturated carbocycles. The standard InChI is InChI=1S/C19H20ClN3O4S/c20-17-10-14(6-7-16(17)18(21)24)22-19(25)23(11-13-4-2-1-3-5-13)15-8-9-28(26,27)12-15/h1-7,10,15H,8-9,11-12H2,(H2,21,24)(H,22,25)/t15-/m0/s1. The number of hydrogen-bond acceptors (Lipinski definition) is 4. The number of amides is 3. The second-order valence-corrected chi connectivity index (χ2v) is 9.30. The van der Waals surface area contributed by atoms with Crippen molar-refractivity contribution in [2.75, 3.05) is 16.8 Å². The van der Waals surface area contributed by atoms with Crippen molar-refractivity contribution in [1.82, 2.24) is 4.90 Å². The Bertz CT molecular complexity index is 995. The summed E-state index contributed by atoms with van der Waals surface area (Å²) in [5, 5.41) is 2.86. The zero-order valence-corrected chi connectivity index (χ0v) is 16.5. The summed E-state index contributed by atoms with van der Waals surface area (Å²) < 4.78 is 23.8. The molecule has 9 heteroatoms. The first-order valence-electron chi connectivity index (χ1n) is 8.66. The van der Waals surface area contributed by atoms with Crippen molar-refractivity contribution in [3.63, 3.8) is 0 Å². The lowest BCUT2D eigenvalue weighted by molar-refractivity contribution is 0.100. The maximum atomic E-state index is 12.9. The molecule has 0 unspecified atom stereocenters. The molecule has 148 valence electrons. The van der Waals surface area contributed by atoms with Crippen molar-refractivity contribution < 1.29 is 18.0 Å². The number of halogens is 1. The van der Waals surface area contributed by atoms with Gasteiger partial charge in [0.2, 0.25) is 5.91 Å². The molecule has 3 N–H and O–H groups in total. The van der Waals surface area contributed by atoms with Gasteiger partial charge in [-0.1, -0.05) is 41.9 Å². The lowest BCUT2D eigenvalue weighted by Gasteiger charge is -2.28. The van der Waals surface area contributed by atoms with Gasteiger partial charge < -0.3 is 16.0 Å². The Labute approximate surface area is 168 Å². The quantitative estimate of drug-likeness (QED) is 0.773. The second kappa shape index (κ2) is 8.20. The summed E-state index contributed by atoms with van der Waals surface area (Å²) in [6.45, 7) is 0.278. The number of nitrogens with zero attached hydrogens (tertiary/aromatic N) is 1. The minimum atomic E-state index is -3.16. The first kappa shape index (κ1) is 20.2. The molecule has 7 nitrogen and oxygen atoms in total. The third-order valence-corrected chi connectivity index (χ3v) is 6.65. The summed E-state index contributed by atoms with van der Waals surface area (Å²) in [5.74, 6) is -0.658. The summed E-state index contributed by atoms with van der Waals surface area (Å²) in [7, 11) is -3.16. The van der Waals surface area contributed by atoms with E-state index in [0.29, 0.717) is 12.1 Å². The molecule has 2 aromatic carbocycles. The van der Waals surface area contributed by atoms with Crippen molar-refractivity contribution in [1.29, 1.82) is 0 Å². The fourth-order valence-corrected chi connectivity index (χ4v) is 5.16. The number of sulfone groups is 1. The Morgan fingerprint density at radius 1 is 1.18 bits per heavy atom. The lowest BCUT2D eigenvalue weighted by Crippen LogP contribution is -2.43. The lowest BCUT2D eigenvalue weighted by atomic mass is 10.1. The van der Waals surface area contributed by atoms with Gasteiger partial charge in [-0.25, -0.2) is 13.2 Å². The first-order chi connectivity index (χ1) is 13.2. The predicted octanol–water partition coefficient (Wildman–Crippen LogP) is 2.66. The number of nitrogens with two attached hydrogens (primary N) is 1. The summed E-state index contributed by atoms with van der Waals surface area (Å²) in [6.07, 6.45) is 0.393. The molecule has 1 atom stereocenters. The second-order valence-electron chi connectivity index (χ2n) is 6.66. The van der Waals surface area contributed by atoms with Crippen LogP contribution in [0.5, 0.6) is 0 Å². The summed E-state index contributed by atoms with van der Waals surface area (Å²) in [6, 6.07) is 12.9. The van der Waals surface area contributed by atoms with Gasteiger partial charge in [0.25, 0.3) is 0 Å². The van der Waals surface area contributed by atoms with Gasteiger partial charge in [-0.05, 0) is 30.2 Å². The first-order valence-corrected chi connectivity index (χ1v) is 10.9. The number of urea groups is 1. The van der Waals surface area contributed by atoms with Crippen molar-refractivity contribution in [3.8, 4) is 0 Å². The largest absolute Gasteiger partial charge is 0.366 e. The van der Waals surface area contributed by atoms with Gasteiger partial charge in [0.05, 0.1) is 22.1 Å². The third-order valence-electron chi connectivity index (χ3n) is 4.59. The van der Waals surface area contributed by atoms with Gasteiger partial charge in [-0.3, -0.25) is 4.79 Å². The van der Waals surface area contributed by atoms with Gasteiger partial charge in [-0.15, -0.1) is 0 Å². The normalized spacial score (nSPS) is 17.8. The van der Waals surface area contributed by atoms with E-state index < -0.39 is 27.8 Å². The van der Waals surface area contributed by atoms with Crippen LogP contribution in [0.25, 0.3) is 0 Å². The Morgan fingerprint density at radius 2 is 1.89 bits per heavy atom. The van der Waals surface area contributed by atoms with E-state index in [-0.39, 0.29) is 28.6 Å². The number of rotatable bonds is 5. The molecular weight excluding hydrogens is 402 g/mol. The number of carbonyl (C=O) groups is 2. The van der Waals surface area contributed by atoms with Crippen LogP contribution in [0, 0.1) is 0 Å². The highest BCUT2D eigenvalue weighted by Gasteiger charge is 2.34. The number of benzene rings is 2. The maximum absolute atomic E-state index is 12.9. The van der Waals surface area contributed by atoms with Crippen LogP contribution in [0.15, 0.2) is 48.5 Å². The van der Waals surface area contributed by atoms with Crippen molar-refractivity contribution in [2.45, 2.75) is 19.0 Å². The molecule has 0 aliphatic carbocycles. The van der Waals surface area contributed by atoms with E-state index in [1.165, 1.54) is 23.1 Å². The third kappa shape index (κ3) is 4.82. The molecular formula is C19H20ClN3O4S. The molecule has 1 aliphatic rings. The zero-order valence-electron chi connectivity index (χ0n) is 15.0. The Kier molecular flexibility index (Phi) is 5.90. The van der Waals surface area contributed by atoms with Crippen LogP contribution >= 0.6 is 11.6 Å². The molecule has 1 heterocycles. The molecule has 0 radical (unpaired) electrons. The maximum Gasteiger partial charge on any atom is 0.322 e. The topological polar surface area (TPSA) is 110 Å². The highest BCUT2D eigenvalue weighted by atomic mass is 35.5. The monoisotopic (exact) mass is 421 g/mol. The van der Waals surface area contributed by atoms with E-state index in [9.17, 15) is 18.0 Å². The molecule has 0 aromatic heterocycles. The van der Waals surface area contributed by atoms with E-state index in [0.717, 1.165) is 5.56 Å². The minimum Gasteiger partial charge on any atom is -0.366 e. The Hall–Kier alpha value is -2.58. The Morgan fingerprint density at radius 3 is 2.46 bits per heavy atom. The average molecular weight is 422 g/mol. The van der Waals surface area contributed by atoms with Crippen LogP contribution in [0.3, 0.4) is 0 Å². The average Bonchev–Trinajstić information content (AvgIpc) is 2.99. The molecule has 0 bridgehead atoms. The zero-order chi connectivity index (χ0) is 20.3. The fourth-order valence-electron chi connectivity index (χ4n) is 3.16. The molecule has 1 saturated heterocycles. The summed E-state index contributed by atoms with van der Waals surface area (Å²) in [5.41, 5.74) is 6.67. The smallest absolute Gasteiger partial charge is 0.322 e. The summed E-state index contributed by atoms with van der Waals surface area (Å²) in [4.78, 5) is 25.7. The van der Waals surface area contributed by atoms with E-state index >= 15 is 0 Å². The highest BCUT2D eigenvalue weighted by Crippen LogP contribution is 2.24. The van der Waals surface area contributed by atoms with E-state index in [2.05, 4.69) is 5.32 Å². The van der Waals surface area contributed by atoms with Crippen molar-refractivity contribution in [3.05, 3.63) is 64.7 Å². The number of anilines is 1. The van der Waals surface area contributed by atoms with Crippen molar-refractivity contribution >= 4 is 39.1 Å². The number of hydrogen-bond donors (Lipinski definition) is 2. The van der Waals surface area contributed by atoms with Crippen LogP contribution in [-0.2, 0) is 16.4 Å². The molecule has 1 aliphatic heterocycles. The van der Waals surface area contributed by atoms with Gasteiger partial charge in [0.15, 0.2) is 9.84 Å². The molecule has 0 spiro atoms. The van der Waals surface area contributed by atoms with Crippen LogP contribution in [0.1, 0.15) is 22.3 Å². The molecule has 3 amide bonds. The van der Waals surface area contributed by atoms with E-state index in [4.69, 9.17) is 17.3 Å². The molecule has 2 aromatic rings. The summed E-state index contributed by atoms with van der Waals surface area (Å²) >= 11 is 6.04. The van der Waals surface area contributed by atoms with Gasteiger partial charge in [0.1, 0.15) is 0 Å². The fraction of sp³-hybridized carbons (Fsp3) is 0.263. The predicted molar refractivity (Wildman–Crippen MR) is 108 cm³/mol. The Balaban J connectivity index is 1.82. The van der Waals surface area contributed by atoms with Gasteiger partial charge in [0, 0.05) is 18.3 Å². The molecule has 3 rings (SSSR count). The SMILES string of the molecule is NC(=O)c1ccc(NC(=O)N(Cc2ccccc2)[C@H]2CCS(=O)(=O)C2)cc1Cl. The number of carbonyl (C=O) groups excluding carboxylic acids is 2. The highest BCUT2D eigenvalue weighted by molar-refractivity contribution is 7.91. The van der Waals surface area contributed by atoms with Crippen LogP contribution in [-0.4, -0.2) is 42.8 Å². The van der Waals surface area contributed by atoms with E-state index in [1.54, 1.807) is 0 Å². The van der Waals surface area contributed by atoms with Gasteiger partial charge >= 0.3 is 6.03 Å². The molecule has 1 fully saturated rings. The van der Waals surface area contributed by atoms with Crippen LogP contribution in [0.2, 0.25) is 5.02 Å². The van der Waals surface area contributed by atoms with Crippen molar-refractivity contribution in [2.24, 2.45) is 5.73 Å². The van der Waals surface area contributed by atoms with Crippen LogP contribution < -0.4 is 11.1 Å². The number of nitrogens with one attached hydrogen (secondary N) is 1.